The molecule has 0 aromatic heterocycles. The van der Waals surface area contributed by atoms with E-state index < -0.39 is 0 Å². The normalized spacial score (nSPS) is 13.1. The first kappa shape index (κ1) is 17.1. The van der Waals surface area contributed by atoms with Crippen LogP contribution in [-0.2, 0) is 0 Å². The van der Waals surface area contributed by atoms with Gasteiger partial charge in [-0.1, -0.05) is 69.9 Å². The fourth-order valence-corrected chi connectivity index (χ4v) is 6.60. The quantitative estimate of drug-likeness (QED) is 0.367. The SMILES string of the molecule is Cc1c(C)c(Cl)c2c(c1Cl)Sc1c(Cl)c(C)c(C)c(Cl)c1S2. The summed E-state index contributed by atoms with van der Waals surface area (Å²) < 4.78 is 0. The molecule has 2 aromatic carbocycles. The third kappa shape index (κ3) is 2.39. The molecule has 6 heteroatoms. The van der Waals surface area contributed by atoms with Crippen LogP contribution in [0, 0.1) is 27.7 Å². The van der Waals surface area contributed by atoms with Gasteiger partial charge in [0, 0.05) is 19.6 Å². The summed E-state index contributed by atoms with van der Waals surface area (Å²) in [6, 6.07) is 0. The van der Waals surface area contributed by atoms with Crippen LogP contribution in [0.15, 0.2) is 19.6 Å². The lowest BCUT2D eigenvalue weighted by molar-refractivity contribution is 1.10. The van der Waals surface area contributed by atoms with Crippen LogP contribution in [0.1, 0.15) is 22.3 Å². The van der Waals surface area contributed by atoms with E-state index in [2.05, 4.69) is 0 Å². The summed E-state index contributed by atoms with van der Waals surface area (Å²) in [5.74, 6) is 0. The summed E-state index contributed by atoms with van der Waals surface area (Å²) in [7, 11) is 0. The van der Waals surface area contributed by atoms with Crippen LogP contribution in [0.3, 0.4) is 0 Å². The van der Waals surface area contributed by atoms with Gasteiger partial charge in [-0.3, -0.25) is 0 Å². The molecule has 0 aliphatic carbocycles. The van der Waals surface area contributed by atoms with Crippen LogP contribution in [-0.4, -0.2) is 0 Å². The molecule has 3 rings (SSSR count). The molecule has 0 atom stereocenters. The van der Waals surface area contributed by atoms with Crippen molar-refractivity contribution in [2.45, 2.75) is 47.3 Å². The number of hydrogen-bond acceptors (Lipinski definition) is 2. The maximum absolute atomic E-state index is 6.55. The van der Waals surface area contributed by atoms with Gasteiger partial charge >= 0.3 is 0 Å². The molecular weight excluding hydrogens is 398 g/mol. The minimum atomic E-state index is 0.741. The van der Waals surface area contributed by atoms with Gasteiger partial charge in [0.15, 0.2) is 0 Å². The van der Waals surface area contributed by atoms with Crippen molar-refractivity contribution < 1.29 is 0 Å². The summed E-state index contributed by atoms with van der Waals surface area (Å²) in [5, 5.41) is 2.96. The number of hydrogen-bond donors (Lipinski definition) is 0. The number of benzene rings is 2. The fourth-order valence-electron chi connectivity index (χ4n) is 2.31. The van der Waals surface area contributed by atoms with Gasteiger partial charge < -0.3 is 0 Å². The van der Waals surface area contributed by atoms with Gasteiger partial charge in [0.25, 0.3) is 0 Å². The Morgan fingerprint density at radius 2 is 0.636 bits per heavy atom. The van der Waals surface area contributed by atoms with Gasteiger partial charge in [-0.05, 0) is 49.9 Å². The lowest BCUT2D eigenvalue weighted by Gasteiger charge is -2.26. The van der Waals surface area contributed by atoms with Crippen molar-refractivity contribution in [3.05, 3.63) is 42.3 Å². The first-order chi connectivity index (χ1) is 10.3. The molecule has 116 valence electrons. The van der Waals surface area contributed by atoms with E-state index in [0.29, 0.717) is 0 Å². The summed E-state index contributed by atoms with van der Waals surface area (Å²) in [6.45, 7) is 7.94. The average Bonchev–Trinajstić information content (AvgIpc) is 2.52. The van der Waals surface area contributed by atoms with Crippen molar-refractivity contribution in [3.8, 4) is 0 Å². The molecule has 0 radical (unpaired) electrons. The van der Waals surface area contributed by atoms with E-state index in [9.17, 15) is 0 Å². The van der Waals surface area contributed by atoms with Gasteiger partial charge in [-0.15, -0.1) is 0 Å². The van der Waals surface area contributed by atoms with E-state index in [1.165, 1.54) is 0 Å². The van der Waals surface area contributed by atoms with Crippen molar-refractivity contribution in [2.75, 3.05) is 0 Å². The molecule has 22 heavy (non-hydrogen) atoms. The Kier molecular flexibility index (Phi) is 4.66. The molecule has 0 N–H and O–H groups in total. The second kappa shape index (κ2) is 5.98. The molecule has 0 unspecified atom stereocenters. The zero-order chi connectivity index (χ0) is 16.3. The van der Waals surface area contributed by atoms with Crippen molar-refractivity contribution in [3.63, 3.8) is 0 Å². The monoisotopic (exact) mass is 408 g/mol. The molecule has 1 aliphatic heterocycles. The lowest BCUT2D eigenvalue weighted by Crippen LogP contribution is -2.00. The van der Waals surface area contributed by atoms with E-state index in [-0.39, 0.29) is 0 Å². The summed E-state index contributed by atoms with van der Waals surface area (Å²) >= 11 is 29.3. The Balaban J connectivity index is 2.32. The highest BCUT2D eigenvalue weighted by Crippen LogP contribution is 2.59. The molecule has 2 aromatic rings. The Morgan fingerprint density at radius 1 is 0.455 bits per heavy atom. The van der Waals surface area contributed by atoms with Crippen molar-refractivity contribution in [1.82, 2.24) is 0 Å². The topological polar surface area (TPSA) is 0 Å². The van der Waals surface area contributed by atoms with Gasteiger partial charge in [0.1, 0.15) is 0 Å². The second-order valence-corrected chi connectivity index (χ2v) is 8.83. The molecule has 0 nitrogen and oxygen atoms in total. The lowest BCUT2D eigenvalue weighted by atomic mass is 10.1. The van der Waals surface area contributed by atoms with E-state index in [0.717, 1.165) is 61.9 Å². The first-order valence-electron chi connectivity index (χ1n) is 6.57. The highest BCUT2D eigenvalue weighted by Gasteiger charge is 2.29. The Labute approximate surface area is 158 Å². The maximum Gasteiger partial charge on any atom is 0.0589 e. The van der Waals surface area contributed by atoms with Crippen LogP contribution in [0.25, 0.3) is 0 Å². The Hall–Kier alpha value is 0.300. The second-order valence-electron chi connectivity index (χ2n) is 5.28. The molecular formula is C16H12Cl4S2. The van der Waals surface area contributed by atoms with Gasteiger partial charge in [-0.25, -0.2) is 0 Å². The van der Waals surface area contributed by atoms with Gasteiger partial charge in [-0.2, -0.15) is 0 Å². The van der Waals surface area contributed by atoms with Crippen LogP contribution in [0.2, 0.25) is 20.1 Å². The molecule has 0 spiro atoms. The molecule has 0 fully saturated rings. The van der Waals surface area contributed by atoms with Crippen molar-refractivity contribution >= 4 is 69.9 Å². The zero-order valence-electron chi connectivity index (χ0n) is 12.3. The average molecular weight is 410 g/mol. The van der Waals surface area contributed by atoms with Crippen molar-refractivity contribution in [1.29, 1.82) is 0 Å². The van der Waals surface area contributed by atoms with E-state index in [4.69, 9.17) is 46.4 Å². The minimum Gasteiger partial charge on any atom is -0.0844 e. The molecule has 0 amide bonds. The first-order valence-corrected chi connectivity index (χ1v) is 9.72. The number of halogens is 4. The zero-order valence-corrected chi connectivity index (χ0v) is 17.0. The predicted molar refractivity (Wildman–Crippen MR) is 100 cm³/mol. The fraction of sp³-hybridized carbons (Fsp3) is 0.250. The highest BCUT2D eigenvalue weighted by atomic mass is 35.5. The molecule has 1 aliphatic rings. The third-order valence-electron chi connectivity index (χ3n) is 4.06. The summed E-state index contributed by atoms with van der Waals surface area (Å²) in [6.07, 6.45) is 0. The molecule has 1 heterocycles. The van der Waals surface area contributed by atoms with Crippen LogP contribution >= 0.6 is 69.9 Å². The van der Waals surface area contributed by atoms with Crippen molar-refractivity contribution in [2.24, 2.45) is 0 Å². The van der Waals surface area contributed by atoms with E-state index in [1.807, 2.05) is 27.7 Å². The largest absolute Gasteiger partial charge is 0.0844 e. The Bertz CT molecular complexity index is 693. The predicted octanol–water partition coefficient (Wildman–Crippen LogP) is 8.15. The number of fused-ring (bicyclic) bond motifs is 2. The summed E-state index contributed by atoms with van der Waals surface area (Å²) in [5.41, 5.74) is 4.03. The van der Waals surface area contributed by atoms with Gasteiger partial charge in [0.05, 0.1) is 20.1 Å². The minimum absolute atomic E-state index is 0.741. The maximum atomic E-state index is 6.55. The summed E-state index contributed by atoms with van der Waals surface area (Å²) in [4.78, 5) is 3.86. The number of rotatable bonds is 0. The highest BCUT2D eigenvalue weighted by molar-refractivity contribution is 8.05. The Morgan fingerprint density at radius 3 is 0.818 bits per heavy atom. The van der Waals surface area contributed by atoms with E-state index in [1.54, 1.807) is 23.5 Å². The molecule has 0 bridgehead atoms. The van der Waals surface area contributed by atoms with Gasteiger partial charge in [0.2, 0.25) is 0 Å². The van der Waals surface area contributed by atoms with E-state index >= 15 is 0 Å². The molecule has 0 saturated carbocycles. The molecule has 0 saturated heterocycles. The smallest absolute Gasteiger partial charge is 0.0589 e. The van der Waals surface area contributed by atoms with Crippen LogP contribution in [0.4, 0.5) is 0 Å². The van der Waals surface area contributed by atoms with Crippen LogP contribution < -0.4 is 0 Å². The van der Waals surface area contributed by atoms with Crippen LogP contribution in [0.5, 0.6) is 0 Å². The third-order valence-corrected chi connectivity index (χ3v) is 9.11. The standard InChI is InChI=1S/C16H12Cl4S2/c1-5-6(2)10(18)14-13(9(5)17)21-15-11(19)7(3)8(4)12(20)16(15)22-14/h1-4H3.